The van der Waals surface area contributed by atoms with Crippen LogP contribution in [0, 0.1) is 0 Å². The smallest absolute Gasteiger partial charge is 0.0662 e. The van der Waals surface area contributed by atoms with Crippen LogP contribution in [0.25, 0.3) is 0 Å². The van der Waals surface area contributed by atoms with Crippen LogP contribution in [-0.2, 0) is 5.41 Å². The van der Waals surface area contributed by atoms with Gasteiger partial charge < -0.3 is 0 Å². The van der Waals surface area contributed by atoms with Crippen LogP contribution < -0.4 is 0 Å². The Morgan fingerprint density at radius 2 is 1.92 bits per heavy atom. The Balaban J connectivity index is 2.46. The number of thioether (sulfide) groups is 1. The van der Waals surface area contributed by atoms with Gasteiger partial charge in [-0.2, -0.15) is 0 Å². The van der Waals surface area contributed by atoms with E-state index in [1.54, 1.807) is 11.8 Å². The van der Waals surface area contributed by atoms with E-state index in [2.05, 4.69) is 42.7 Å². The normalized spacial score (nSPS) is 26.7. The number of hydrogen-bond donors (Lipinski definition) is 0. The second-order valence-electron chi connectivity index (χ2n) is 3.28. The molecule has 0 saturated heterocycles. The lowest BCUT2D eigenvalue weighted by Crippen LogP contribution is -2.23. The summed E-state index contributed by atoms with van der Waals surface area (Å²) < 4.78 is 1.04. The van der Waals surface area contributed by atoms with Crippen LogP contribution >= 0.6 is 24.0 Å². The van der Waals surface area contributed by atoms with E-state index >= 15 is 0 Å². The Morgan fingerprint density at radius 1 is 1.23 bits per heavy atom. The van der Waals surface area contributed by atoms with Crippen molar-refractivity contribution in [2.75, 3.05) is 0 Å². The van der Waals surface area contributed by atoms with Crippen LogP contribution in [-0.4, -0.2) is 4.20 Å². The van der Waals surface area contributed by atoms with Crippen LogP contribution in [0.4, 0.5) is 0 Å². The number of allylic oxidation sites excluding steroid dienone is 1. The van der Waals surface area contributed by atoms with Gasteiger partial charge in [0.2, 0.25) is 0 Å². The molecule has 1 atom stereocenters. The van der Waals surface area contributed by atoms with E-state index in [4.69, 9.17) is 12.2 Å². The zero-order valence-electron chi connectivity index (χ0n) is 7.36. The summed E-state index contributed by atoms with van der Waals surface area (Å²) in [5.74, 6) is 0. The topological polar surface area (TPSA) is 0 Å². The van der Waals surface area contributed by atoms with Crippen molar-refractivity contribution in [3.63, 3.8) is 0 Å². The molecule has 1 unspecified atom stereocenters. The van der Waals surface area contributed by atoms with E-state index in [1.807, 2.05) is 6.07 Å². The number of benzene rings is 1. The van der Waals surface area contributed by atoms with Gasteiger partial charge in [0, 0.05) is 0 Å². The third-order valence-electron chi connectivity index (χ3n) is 2.37. The summed E-state index contributed by atoms with van der Waals surface area (Å²) in [6.45, 7) is 2.17. The SMILES string of the molecule is CC1(c2ccccc2)C=CSC1=S. The molecule has 1 aliphatic heterocycles. The van der Waals surface area contributed by atoms with Gasteiger partial charge in [0.1, 0.15) is 0 Å². The molecule has 1 aromatic rings. The van der Waals surface area contributed by atoms with E-state index in [1.165, 1.54) is 5.56 Å². The van der Waals surface area contributed by atoms with Crippen molar-refractivity contribution in [3.8, 4) is 0 Å². The van der Waals surface area contributed by atoms with Gasteiger partial charge >= 0.3 is 0 Å². The fourth-order valence-corrected chi connectivity index (χ4v) is 2.67. The summed E-state index contributed by atoms with van der Waals surface area (Å²) in [5, 5.41) is 2.08. The number of thiocarbonyl (C=S) groups is 1. The molecular weight excluding hydrogens is 196 g/mol. The monoisotopic (exact) mass is 206 g/mol. The lowest BCUT2D eigenvalue weighted by atomic mass is 9.85. The molecule has 0 fully saturated rings. The quantitative estimate of drug-likeness (QED) is 0.645. The molecule has 2 heteroatoms. The van der Waals surface area contributed by atoms with Crippen molar-refractivity contribution >= 4 is 28.2 Å². The Kier molecular flexibility index (Phi) is 2.26. The third kappa shape index (κ3) is 1.45. The number of rotatable bonds is 1. The van der Waals surface area contributed by atoms with Gasteiger partial charge in [0.25, 0.3) is 0 Å². The summed E-state index contributed by atoms with van der Waals surface area (Å²) in [5.41, 5.74) is 1.24. The molecule has 1 heterocycles. The average Bonchev–Trinajstić information content (AvgIpc) is 2.50. The zero-order chi connectivity index (χ0) is 9.31. The van der Waals surface area contributed by atoms with Gasteiger partial charge in [0.05, 0.1) is 9.61 Å². The largest absolute Gasteiger partial charge is 0.0898 e. The summed E-state index contributed by atoms with van der Waals surface area (Å²) in [6, 6.07) is 10.4. The predicted octanol–water partition coefficient (Wildman–Crippen LogP) is 3.53. The first-order valence-corrected chi connectivity index (χ1v) is 5.46. The van der Waals surface area contributed by atoms with E-state index in [0.29, 0.717) is 0 Å². The first-order valence-electron chi connectivity index (χ1n) is 4.18. The van der Waals surface area contributed by atoms with Crippen molar-refractivity contribution in [2.45, 2.75) is 12.3 Å². The Bertz CT molecular complexity index is 354. The molecule has 0 saturated carbocycles. The molecular formula is C11H10S2. The average molecular weight is 206 g/mol. The zero-order valence-corrected chi connectivity index (χ0v) is 8.99. The molecule has 2 rings (SSSR count). The van der Waals surface area contributed by atoms with Gasteiger partial charge in [-0.1, -0.05) is 60.4 Å². The summed E-state index contributed by atoms with van der Waals surface area (Å²) in [4.78, 5) is 0. The van der Waals surface area contributed by atoms with Crippen LogP contribution in [0.3, 0.4) is 0 Å². The van der Waals surface area contributed by atoms with Crippen molar-refractivity contribution < 1.29 is 0 Å². The molecule has 0 radical (unpaired) electrons. The second-order valence-corrected chi connectivity index (χ2v) is 4.86. The van der Waals surface area contributed by atoms with Gasteiger partial charge in [-0.3, -0.25) is 0 Å². The van der Waals surface area contributed by atoms with E-state index < -0.39 is 0 Å². The Morgan fingerprint density at radius 3 is 2.46 bits per heavy atom. The standard InChI is InChI=1S/C11H10S2/c1-11(7-8-13-10(11)12)9-5-3-2-4-6-9/h2-8H,1H3. The molecule has 0 aliphatic carbocycles. The molecule has 0 amide bonds. The highest BCUT2D eigenvalue weighted by Crippen LogP contribution is 2.38. The lowest BCUT2D eigenvalue weighted by molar-refractivity contribution is 0.840. The highest BCUT2D eigenvalue weighted by molar-refractivity contribution is 8.25. The Hall–Kier alpha value is -0.600. The highest BCUT2D eigenvalue weighted by atomic mass is 32.2. The first kappa shape index (κ1) is 8.97. The van der Waals surface area contributed by atoms with Gasteiger partial charge in [-0.15, -0.1) is 0 Å². The van der Waals surface area contributed by atoms with Gasteiger partial charge in [-0.25, -0.2) is 0 Å². The van der Waals surface area contributed by atoms with Crippen LogP contribution in [0.2, 0.25) is 0 Å². The molecule has 1 aromatic carbocycles. The maximum absolute atomic E-state index is 5.34. The minimum atomic E-state index is -0.0404. The van der Waals surface area contributed by atoms with Gasteiger partial charge in [-0.05, 0) is 17.9 Å². The van der Waals surface area contributed by atoms with Crippen molar-refractivity contribution in [1.29, 1.82) is 0 Å². The molecule has 0 N–H and O–H groups in total. The maximum atomic E-state index is 5.34. The van der Waals surface area contributed by atoms with E-state index in [-0.39, 0.29) is 5.41 Å². The number of hydrogen-bond acceptors (Lipinski definition) is 2. The molecule has 1 aliphatic rings. The lowest BCUT2D eigenvalue weighted by Gasteiger charge is -2.21. The Labute approximate surface area is 88.0 Å². The molecule has 13 heavy (non-hydrogen) atoms. The van der Waals surface area contributed by atoms with Gasteiger partial charge in [0.15, 0.2) is 0 Å². The van der Waals surface area contributed by atoms with E-state index in [0.717, 1.165) is 4.20 Å². The fraction of sp³-hybridized carbons (Fsp3) is 0.182. The molecule has 0 nitrogen and oxygen atoms in total. The first-order chi connectivity index (χ1) is 6.23. The molecule has 0 spiro atoms. The van der Waals surface area contributed by atoms with Crippen molar-refractivity contribution in [3.05, 3.63) is 47.4 Å². The predicted molar refractivity (Wildman–Crippen MR) is 63.1 cm³/mol. The fourth-order valence-electron chi connectivity index (χ4n) is 1.42. The molecule has 66 valence electrons. The van der Waals surface area contributed by atoms with Crippen LogP contribution in [0.5, 0.6) is 0 Å². The van der Waals surface area contributed by atoms with Crippen molar-refractivity contribution in [2.24, 2.45) is 0 Å². The maximum Gasteiger partial charge on any atom is 0.0662 e. The molecule has 0 aromatic heterocycles. The highest BCUT2D eigenvalue weighted by Gasteiger charge is 2.31. The minimum absolute atomic E-state index is 0.0404. The van der Waals surface area contributed by atoms with E-state index in [9.17, 15) is 0 Å². The third-order valence-corrected chi connectivity index (χ3v) is 4.00. The second kappa shape index (κ2) is 3.28. The summed E-state index contributed by atoms with van der Waals surface area (Å²) in [6.07, 6.45) is 2.18. The summed E-state index contributed by atoms with van der Waals surface area (Å²) in [7, 11) is 0. The summed E-state index contributed by atoms with van der Waals surface area (Å²) >= 11 is 6.99. The molecule has 0 bridgehead atoms. The van der Waals surface area contributed by atoms with Crippen molar-refractivity contribution in [1.82, 2.24) is 0 Å². The van der Waals surface area contributed by atoms with Crippen LogP contribution in [0.15, 0.2) is 41.8 Å². The minimum Gasteiger partial charge on any atom is -0.0898 e. The van der Waals surface area contributed by atoms with Crippen LogP contribution in [0.1, 0.15) is 12.5 Å².